The molecule has 198 valence electrons. The number of nitrogens with two attached hydrogens (primary N) is 2. The molecular weight excluding hydrogens is 478 g/mol. The molecule has 0 saturated carbocycles. The first-order valence-electron chi connectivity index (χ1n) is 11.8. The van der Waals surface area contributed by atoms with Crippen molar-refractivity contribution in [1.82, 2.24) is 16.0 Å². The third-order valence-electron chi connectivity index (χ3n) is 5.54. The molecule has 11 nitrogen and oxygen atoms in total. The Morgan fingerprint density at radius 3 is 1.62 bits per heavy atom. The van der Waals surface area contributed by atoms with Gasteiger partial charge < -0.3 is 32.5 Å². The molecule has 11 heteroatoms. The number of benzene rings is 2. The highest BCUT2D eigenvalue weighted by molar-refractivity contribution is 5.94. The molecule has 0 bridgehead atoms. The Bertz CT molecular complexity index is 1080. The Hall–Kier alpha value is -4.25. The number of primary amides is 1. The van der Waals surface area contributed by atoms with Gasteiger partial charge in [0.2, 0.25) is 23.6 Å². The van der Waals surface area contributed by atoms with Crippen LogP contribution in [0.5, 0.6) is 0 Å². The van der Waals surface area contributed by atoms with Crippen molar-refractivity contribution >= 4 is 29.6 Å². The Morgan fingerprint density at radius 2 is 1.16 bits per heavy atom. The van der Waals surface area contributed by atoms with Crippen molar-refractivity contribution in [2.24, 2.45) is 11.5 Å². The largest absolute Gasteiger partial charge is 0.480 e. The zero-order valence-electron chi connectivity index (χ0n) is 20.6. The van der Waals surface area contributed by atoms with Crippen molar-refractivity contribution in [1.29, 1.82) is 0 Å². The zero-order chi connectivity index (χ0) is 27.4. The number of hydrogen-bond acceptors (Lipinski definition) is 6. The highest BCUT2D eigenvalue weighted by Crippen LogP contribution is 2.08. The topological polar surface area (TPSA) is 194 Å². The minimum absolute atomic E-state index is 0.0413. The molecule has 0 aliphatic carbocycles. The van der Waals surface area contributed by atoms with E-state index < -0.39 is 53.8 Å². The van der Waals surface area contributed by atoms with Gasteiger partial charge in [-0.1, -0.05) is 60.7 Å². The van der Waals surface area contributed by atoms with Crippen molar-refractivity contribution in [3.63, 3.8) is 0 Å². The van der Waals surface area contributed by atoms with E-state index in [4.69, 9.17) is 11.5 Å². The number of hydrogen-bond donors (Lipinski definition) is 6. The molecule has 4 amide bonds. The fourth-order valence-electron chi connectivity index (χ4n) is 3.51. The molecular formula is C26H33N5O6. The number of carbonyl (C=O) groups excluding carboxylic acids is 4. The first-order chi connectivity index (χ1) is 17.6. The van der Waals surface area contributed by atoms with Crippen molar-refractivity contribution < 1.29 is 29.1 Å². The van der Waals surface area contributed by atoms with Gasteiger partial charge >= 0.3 is 5.97 Å². The number of nitrogens with one attached hydrogen (secondary N) is 3. The van der Waals surface area contributed by atoms with Crippen LogP contribution >= 0.6 is 0 Å². The van der Waals surface area contributed by atoms with Crippen LogP contribution in [0.1, 0.15) is 30.9 Å². The van der Waals surface area contributed by atoms with E-state index in [1.54, 1.807) is 60.7 Å². The van der Waals surface area contributed by atoms with E-state index in [-0.39, 0.29) is 25.7 Å². The summed E-state index contributed by atoms with van der Waals surface area (Å²) in [5.41, 5.74) is 12.2. The van der Waals surface area contributed by atoms with Gasteiger partial charge in [-0.05, 0) is 24.5 Å². The molecule has 0 radical (unpaired) electrons. The lowest BCUT2D eigenvalue weighted by molar-refractivity contribution is -0.142. The Morgan fingerprint density at radius 1 is 0.730 bits per heavy atom. The molecule has 2 rings (SSSR count). The summed E-state index contributed by atoms with van der Waals surface area (Å²) < 4.78 is 0. The fourth-order valence-corrected chi connectivity index (χ4v) is 3.51. The van der Waals surface area contributed by atoms with Crippen molar-refractivity contribution in [2.75, 3.05) is 0 Å². The van der Waals surface area contributed by atoms with E-state index in [1.165, 1.54) is 6.92 Å². The lowest BCUT2D eigenvalue weighted by atomic mass is 10.0. The average Bonchev–Trinajstić information content (AvgIpc) is 2.86. The summed E-state index contributed by atoms with van der Waals surface area (Å²) in [6.07, 6.45) is -0.199. The number of aliphatic carboxylic acids is 1. The van der Waals surface area contributed by atoms with Crippen LogP contribution in [0.25, 0.3) is 0 Å². The summed E-state index contributed by atoms with van der Waals surface area (Å²) in [5.74, 6) is -3.97. The number of rotatable bonds is 14. The highest BCUT2D eigenvalue weighted by atomic mass is 16.4. The van der Waals surface area contributed by atoms with Crippen LogP contribution in [-0.4, -0.2) is 58.9 Å². The van der Waals surface area contributed by atoms with Gasteiger partial charge in [-0.3, -0.25) is 19.2 Å². The Balaban J connectivity index is 2.24. The minimum Gasteiger partial charge on any atom is -0.480 e. The molecule has 0 spiro atoms. The SMILES string of the molecule is CC(N)C(=O)NC(CCC(N)=O)C(=O)NC(Cc1ccccc1)C(=O)NC(Cc1ccccc1)C(=O)O. The number of amides is 4. The maximum Gasteiger partial charge on any atom is 0.326 e. The van der Waals surface area contributed by atoms with E-state index in [0.717, 1.165) is 0 Å². The predicted molar refractivity (Wildman–Crippen MR) is 136 cm³/mol. The van der Waals surface area contributed by atoms with Crippen molar-refractivity contribution in [3.8, 4) is 0 Å². The van der Waals surface area contributed by atoms with Crippen LogP contribution in [-0.2, 0) is 36.8 Å². The van der Waals surface area contributed by atoms with Crippen LogP contribution in [0.3, 0.4) is 0 Å². The van der Waals surface area contributed by atoms with Crippen LogP contribution < -0.4 is 27.4 Å². The lowest BCUT2D eigenvalue weighted by Gasteiger charge is -2.25. The highest BCUT2D eigenvalue weighted by Gasteiger charge is 2.30. The predicted octanol–water partition coefficient (Wildman–Crippen LogP) is -0.376. The van der Waals surface area contributed by atoms with Crippen LogP contribution in [0.2, 0.25) is 0 Å². The second-order valence-electron chi connectivity index (χ2n) is 8.69. The molecule has 0 aliphatic rings. The van der Waals surface area contributed by atoms with E-state index in [1.807, 2.05) is 0 Å². The summed E-state index contributed by atoms with van der Waals surface area (Å²) in [7, 11) is 0. The quantitative estimate of drug-likeness (QED) is 0.199. The summed E-state index contributed by atoms with van der Waals surface area (Å²) in [6.45, 7) is 1.43. The van der Waals surface area contributed by atoms with Gasteiger partial charge in [0, 0.05) is 19.3 Å². The summed E-state index contributed by atoms with van der Waals surface area (Å²) >= 11 is 0. The van der Waals surface area contributed by atoms with E-state index in [0.29, 0.717) is 11.1 Å². The monoisotopic (exact) mass is 511 g/mol. The van der Waals surface area contributed by atoms with Gasteiger partial charge in [-0.15, -0.1) is 0 Å². The maximum absolute atomic E-state index is 13.2. The number of carboxylic acid groups (broad SMARTS) is 1. The molecule has 0 aliphatic heterocycles. The van der Waals surface area contributed by atoms with Gasteiger partial charge in [0.05, 0.1) is 6.04 Å². The van der Waals surface area contributed by atoms with Gasteiger partial charge in [-0.2, -0.15) is 0 Å². The second-order valence-corrected chi connectivity index (χ2v) is 8.69. The number of carboxylic acids is 1. The summed E-state index contributed by atoms with van der Waals surface area (Å²) in [4.78, 5) is 61.6. The molecule has 0 aromatic heterocycles. The zero-order valence-corrected chi connectivity index (χ0v) is 20.6. The molecule has 0 fully saturated rings. The first kappa shape index (κ1) is 29.0. The normalized spacial score (nSPS) is 13.9. The van der Waals surface area contributed by atoms with Gasteiger partial charge in [0.15, 0.2) is 0 Å². The third kappa shape index (κ3) is 10.1. The molecule has 8 N–H and O–H groups in total. The molecule has 0 heterocycles. The first-order valence-corrected chi connectivity index (χ1v) is 11.8. The standard InChI is InChI=1S/C26H33N5O6/c1-16(27)23(33)29-19(12-13-22(28)32)24(34)30-20(14-17-8-4-2-5-9-17)25(35)31-21(26(36)37)15-18-10-6-3-7-11-18/h2-11,16,19-21H,12-15,27H2,1H3,(H2,28,32)(H,29,33)(H,30,34)(H,31,35)(H,36,37). The number of carbonyl (C=O) groups is 5. The van der Waals surface area contributed by atoms with Crippen molar-refractivity contribution in [2.45, 2.75) is 56.8 Å². The maximum atomic E-state index is 13.2. The van der Waals surface area contributed by atoms with E-state index in [9.17, 15) is 29.1 Å². The molecule has 4 atom stereocenters. The van der Waals surface area contributed by atoms with Gasteiger partial charge in [0.25, 0.3) is 0 Å². The molecule has 2 aromatic rings. The average molecular weight is 512 g/mol. The van der Waals surface area contributed by atoms with Crippen molar-refractivity contribution in [3.05, 3.63) is 71.8 Å². The molecule has 4 unspecified atom stereocenters. The Labute approximate surface area is 215 Å². The second kappa shape index (κ2) is 14.3. The smallest absolute Gasteiger partial charge is 0.326 e. The van der Waals surface area contributed by atoms with Crippen LogP contribution in [0, 0.1) is 0 Å². The van der Waals surface area contributed by atoms with Crippen LogP contribution in [0.15, 0.2) is 60.7 Å². The van der Waals surface area contributed by atoms with E-state index in [2.05, 4.69) is 16.0 Å². The fraction of sp³-hybridized carbons (Fsp3) is 0.346. The van der Waals surface area contributed by atoms with Crippen LogP contribution in [0.4, 0.5) is 0 Å². The summed E-state index contributed by atoms with van der Waals surface area (Å²) in [6, 6.07) is 13.1. The summed E-state index contributed by atoms with van der Waals surface area (Å²) in [5, 5.41) is 17.2. The minimum atomic E-state index is -1.24. The Kier molecular flexibility index (Phi) is 11.2. The molecule has 2 aromatic carbocycles. The van der Waals surface area contributed by atoms with E-state index >= 15 is 0 Å². The van der Waals surface area contributed by atoms with Gasteiger partial charge in [-0.25, -0.2) is 4.79 Å². The lowest BCUT2D eigenvalue weighted by Crippen LogP contribution is -2.57. The molecule has 0 saturated heterocycles. The molecule has 37 heavy (non-hydrogen) atoms. The third-order valence-corrected chi connectivity index (χ3v) is 5.54. The van der Waals surface area contributed by atoms with Gasteiger partial charge in [0.1, 0.15) is 18.1 Å².